The third-order valence-corrected chi connectivity index (χ3v) is 8.56. The number of benzene rings is 3. The largest absolute Gasteiger partial charge is 0.493 e. The van der Waals surface area contributed by atoms with E-state index >= 15 is 4.39 Å². The second-order valence-electron chi connectivity index (χ2n) is 10.5. The zero-order chi connectivity index (χ0) is 29.7. The van der Waals surface area contributed by atoms with Crippen molar-refractivity contribution in [3.63, 3.8) is 0 Å². The number of ether oxygens (including phenoxy) is 3. The molecule has 0 radical (unpaired) electrons. The molecule has 3 N–H and O–H groups in total. The van der Waals surface area contributed by atoms with E-state index in [2.05, 4.69) is 21.5 Å². The molecule has 3 aromatic carbocycles. The number of methoxy groups -OCH3 is 1. The van der Waals surface area contributed by atoms with Crippen LogP contribution < -0.4 is 24.7 Å². The number of hydrogen-bond acceptors (Lipinski definition) is 8. The summed E-state index contributed by atoms with van der Waals surface area (Å²) < 4.78 is 60.4. The van der Waals surface area contributed by atoms with E-state index in [-0.39, 0.29) is 16.3 Å². The normalized spacial score (nSPS) is 15.8. The van der Waals surface area contributed by atoms with Crippen molar-refractivity contribution in [2.75, 3.05) is 43.8 Å². The van der Waals surface area contributed by atoms with Crippen molar-refractivity contribution in [1.29, 1.82) is 0 Å². The predicted octanol–water partition coefficient (Wildman–Crippen LogP) is 6.06. The van der Waals surface area contributed by atoms with Gasteiger partial charge in [-0.1, -0.05) is 13.0 Å². The molecule has 42 heavy (non-hydrogen) atoms. The van der Waals surface area contributed by atoms with E-state index in [1.165, 1.54) is 43.2 Å². The minimum Gasteiger partial charge on any atom is -0.493 e. The SMILES string of the molecule is COc1cc2c(Oc3ccc(NS(=O)(=O)c4cccc(N)c4)cc3F)ccnc2cc1OCCCN1CCCC(C)C1. The molecule has 0 bridgehead atoms. The summed E-state index contributed by atoms with van der Waals surface area (Å²) in [4.78, 5) is 6.90. The average Bonchev–Trinajstić information content (AvgIpc) is 2.96. The van der Waals surface area contributed by atoms with E-state index in [1.54, 1.807) is 37.6 Å². The van der Waals surface area contributed by atoms with Gasteiger partial charge in [-0.3, -0.25) is 9.71 Å². The number of sulfonamides is 1. The lowest BCUT2D eigenvalue weighted by atomic mass is 10.0. The van der Waals surface area contributed by atoms with Crippen LogP contribution in [0.2, 0.25) is 0 Å². The number of anilines is 2. The molecule has 4 aromatic rings. The monoisotopic (exact) mass is 594 g/mol. The summed E-state index contributed by atoms with van der Waals surface area (Å²) in [5, 5.41) is 0.606. The van der Waals surface area contributed by atoms with E-state index in [4.69, 9.17) is 19.9 Å². The third kappa shape index (κ3) is 7.03. The Balaban J connectivity index is 1.28. The molecule has 1 saturated heterocycles. The highest BCUT2D eigenvalue weighted by Gasteiger charge is 2.18. The Morgan fingerprint density at radius 1 is 1.07 bits per heavy atom. The van der Waals surface area contributed by atoms with E-state index in [1.807, 2.05) is 0 Å². The minimum atomic E-state index is -3.96. The summed E-state index contributed by atoms with van der Waals surface area (Å²) in [6.45, 7) is 6.10. The highest BCUT2D eigenvalue weighted by atomic mass is 32.2. The van der Waals surface area contributed by atoms with E-state index in [0.29, 0.717) is 40.4 Å². The number of nitrogens with one attached hydrogen (secondary N) is 1. The van der Waals surface area contributed by atoms with Crippen LogP contribution in [0.4, 0.5) is 15.8 Å². The average molecular weight is 595 g/mol. The molecule has 1 fully saturated rings. The lowest BCUT2D eigenvalue weighted by Crippen LogP contribution is -2.35. The van der Waals surface area contributed by atoms with Gasteiger partial charge in [0, 0.05) is 42.5 Å². The molecule has 2 heterocycles. The molecule has 5 rings (SSSR count). The first-order valence-electron chi connectivity index (χ1n) is 13.9. The van der Waals surface area contributed by atoms with Gasteiger partial charge in [0.25, 0.3) is 10.0 Å². The van der Waals surface area contributed by atoms with Gasteiger partial charge in [-0.15, -0.1) is 0 Å². The summed E-state index contributed by atoms with van der Waals surface area (Å²) in [5.41, 5.74) is 6.64. The van der Waals surface area contributed by atoms with Gasteiger partial charge in [0.05, 0.1) is 29.8 Å². The number of aromatic nitrogens is 1. The number of nitrogen functional groups attached to an aromatic ring is 1. The van der Waals surface area contributed by atoms with Gasteiger partial charge in [-0.2, -0.15) is 0 Å². The second kappa shape index (κ2) is 12.8. The van der Waals surface area contributed by atoms with Crippen molar-refractivity contribution in [3.8, 4) is 23.0 Å². The molecule has 1 aromatic heterocycles. The number of nitrogens with zero attached hydrogens (tertiary/aromatic N) is 2. The number of hydrogen-bond donors (Lipinski definition) is 2. The van der Waals surface area contributed by atoms with Crippen LogP contribution in [-0.2, 0) is 10.0 Å². The van der Waals surface area contributed by atoms with Crippen LogP contribution in [0.1, 0.15) is 26.2 Å². The fourth-order valence-corrected chi connectivity index (χ4v) is 6.22. The highest BCUT2D eigenvalue weighted by molar-refractivity contribution is 7.92. The zero-order valence-corrected chi connectivity index (χ0v) is 24.5. The minimum absolute atomic E-state index is 0.0274. The molecule has 0 amide bonds. The molecule has 222 valence electrons. The molecule has 1 aliphatic rings. The number of piperidine rings is 1. The van der Waals surface area contributed by atoms with Gasteiger partial charge in [0.1, 0.15) is 5.75 Å². The van der Waals surface area contributed by atoms with E-state index in [0.717, 1.165) is 38.0 Å². The Morgan fingerprint density at radius 3 is 2.69 bits per heavy atom. The van der Waals surface area contributed by atoms with E-state index < -0.39 is 15.8 Å². The molecular weight excluding hydrogens is 559 g/mol. The van der Waals surface area contributed by atoms with Crippen LogP contribution in [0.5, 0.6) is 23.0 Å². The summed E-state index contributed by atoms with van der Waals surface area (Å²) in [7, 11) is -2.40. The molecule has 1 aliphatic heterocycles. The fourth-order valence-electron chi connectivity index (χ4n) is 5.11. The number of halogens is 1. The van der Waals surface area contributed by atoms with Crippen molar-refractivity contribution in [3.05, 3.63) is 72.7 Å². The van der Waals surface area contributed by atoms with Crippen molar-refractivity contribution in [2.24, 2.45) is 5.92 Å². The fraction of sp³-hybridized carbons (Fsp3) is 0.323. The van der Waals surface area contributed by atoms with Gasteiger partial charge >= 0.3 is 0 Å². The molecule has 9 nitrogen and oxygen atoms in total. The maximum Gasteiger partial charge on any atom is 0.261 e. The standard InChI is InChI=1S/C31H35FN4O5S/c1-21-6-4-13-36(20-21)14-5-15-40-31-19-27-25(18-30(31)39-2)28(11-12-34-27)41-29-10-9-23(17-26(29)32)35-42(37,38)24-8-3-7-22(33)16-24/h3,7-12,16-19,21,35H,4-6,13-15,20,33H2,1-2H3. The maximum atomic E-state index is 15.1. The molecule has 11 heteroatoms. The van der Waals surface area contributed by atoms with Gasteiger partial charge in [-0.05, 0) is 74.2 Å². The Labute approximate surface area is 245 Å². The first-order valence-corrected chi connectivity index (χ1v) is 15.4. The maximum absolute atomic E-state index is 15.1. The third-order valence-electron chi connectivity index (χ3n) is 7.18. The Hall–Kier alpha value is -4.09. The number of nitrogens with two attached hydrogens (primary N) is 1. The quantitative estimate of drug-likeness (QED) is 0.159. The summed E-state index contributed by atoms with van der Waals surface area (Å²) >= 11 is 0. The number of likely N-dealkylation sites (tertiary alicyclic amines) is 1. The smallest absolute Gasteiger partial charge is 0.261 e. The molecule has 0 saturated carbocycles. The molecule has 0 spiro atoms. The first-order chi connectivity index (χ1) is 20.2. The lowest BCUT2D eigenvalue weighted by molar-refractivity contribution is 0.169. The Morgan fingerprint density at radius 2 is 1.93 bits per heavy atom. The summed E-state index contributed by atoms with van der Waals surface area (Å²) in [5.74, 6) is 1.35. The molecular formula is C31H35FN4O5S. The number of pyridine rings is 1. The van der Waals surface area contributed by atoms with Crippen molar-refractivity contribution in [2.45, 2.75) is 31.1 Å². The van der Waals surface area contributed by atoms with Crippen LogP contribution >= 0.6 is 0 Å². The Kier molecular flexibility index (Phi) is 8.98. The van der Waals surface area contributed by atoms with Crippen molar-refractivity contribution < 1.29 is 27.0 Å². The van der Waals surface area contributed by atoms with Gasteiger partial charge < -0.3 is 24.8 Å². The zero-order valence-electron chi connectivity index (χ0n) is 23.7. The van der Waals surface area contributed by atoms with Crippen LogP contribution in [0, 0.1) is 11.7 Å². The van der Waals surface area contributed by atoms with Crippen LogP contribution in [0.15, 0.2) is 71.8 Å². The topological polar surface area (TPSA) is 116 Å². The van der Waals surface area contributed by atoms with E-state index in [9.17, 15) is 8.42 Å². The van der Waals surface area contributed by atoms with Crippen LogP contribution in [0.3, 0.4) is 0 Å². The lowest BCUT2D eigenvalue weighted by Gasteiger charge is -2.30. The van der Waals surface area contributed by atoms with Crippen LogP contribution in [-0.4, -0.2) is 51.7 Å². The summed E-state index contributed by atoms with van der Waals surface area (Å²) in [6, 6.07) is 14.8. The van der Waals surface area contributed by atoms with Gasteiger partial charge in [-0.25, -0.2) is 12.8 Å². The first kappa shape index (κ1) is 29.4. The van der Waals surface area contributed by atoms with Crippen LogP contribution in [0.25, 0.3) is 10.9 Å². The van der Waals surface area contributed by atoms with Crippen molar-refractivity contribution >= 4 is 32.3 Å². The predicted molar refractivity (Wildman–Crippen MR) is 161 cm³/mol. The number of rotatable bonds is 11. The number of fused-ring (bicyclic) bond motifs is 1. The molecule has 1 atom stereocenters. The summed E-state index contributed by atoms with van der Waals surface area (Å²) in [6.07, 6.45) is 5.00. The second-order valence-corrected chi connectivity index (χ2v) is 12.2. The Bertz CT molecular complexity index is 1670. The van der Waals surface area contributed by atoms with Gasteiger partial charge in [0.15, 0.2) is 23.1 Å². The van der Waals surface area contributed by atoms with Gasteiger partial charge in [0.2, 0.25) is 0 Å². The van der Waals surface area contributed by atoms with Crippen molar-refractivity contribution in [1.82, 2.24) is 9.88 Å². The molecule has 0 aliphatic carbocycles. The highest BCUT2D eigenvalue weighted by Crippen LogP contribution is 2.38. The molecule has 1 unspecified atom stereocenters.